The molecule has 0 unspecified atom stereocenters. The predicted octanol–water partition coefficient (Wildman–Crippen LogP) is 0.944. The molecule has 0 aliphatic heterocycles. The first kappa shape index (κ1) is 9.79. The summed E-state index contributed by atoms with van der Waals surface area (Å²) in [6, 6.07) is 0.724. The average Bonchev–Trinajstić information content (AvgIpc) is 2.09. The molecule has 2 N–H and O–H groups in total. The molecule has 0 saturated carbocycles. The number of aliphatic hydroxyl groups is 1. The molecule has 72 valence electrons. The maximum atomic E-state index is 12.7. The Morgan fingerprint density at radius 1 is 1.54 bits per heavy atom. The molecule has 1 aromatic rings. The summed E-state index contributed by atoms with van der Waals surface area (Å²) < 4.78 is 36.7. The van der Waals surface area contributed by atoms with Gasteiger partial charge in [-0.2, -0.15) is 0 Å². The number of aromatic nitrogens is 1. The molecule has 1 rings (SSSR count). The van der Waals surface area contributed by atoms with E-state index in [-0.39, 0.29) is 0 Å². The van der Waals surface area contributed by atoms with E-state index >= 15 is 0 Å². The SMILES string of the molecule is O=c1[nH]c(C(F)F)cc(CO)c1F. The van der Waals surface area contributed by atoms with Crippen molar-refractivity contribution in [3.05, 3.63) is 33.5 Å². The highest BCUT2D eigenvalue weighted by atomic mass is 19.3. The third-order valence-corrected chi connectivity index (χ3v) is 1.47. The zero-order valence-corrected chi connectivity index (χ0v) is 6.35. The number of aliphatic hydroxyl groups excluding tert-OH is 1. The van der Waals surface area contributed by atoms with Gasteiger partial charge < -0.3 is 10.1 Å². The molecule has 0 amide bonds. The predicted molar refractivity (Wildman–Crippen MR) is 37.9 cm³/mol. The van der Waals surface area contributed by atoms with Crippen molar-refractivity contribution >= 4 is 0 Å². The second-order valence-corrected chi connectivity index (χ2v) is 2.35. The molecule has 0 aromatic carbocycles. The van der Waals surface area contributed by atoms with Gasteiger partial charge in [0, 0.05) is 5.56 Å². The number of alkyl halides is 2. The van der Waals surface area contributed by atoms with Gasteiger partial charge in [0.15, 0.2) is 5.82 Å². The Morgan fingerprint density at radius 3 is 2.62 bits per heavy atom. The normalized spacial score (nSPS) is 10.8. The minimum Gasteiger partial charge on any atom is -0.392 e. The van der Waals surface area contributed by atoms with Crippen LogP contribution < -0.4 is 5.56 Å². The van der Waals surface area contributed by atoms with E-state index in [1.165, 1.54) is 0 Å². The summed E-state index contributed by atoms with van der Waals surface area (Å²) in [6.07, 6.45) is -2.89. The van der Waals surface area contributed by atoms with Crippen molar-refractivity contribution in [2.45, 2.75) is 13.0 Å². The zero-order chi connectivity index (χ0) is 10.0. The van der Waals surface area contributed by atoms with Crippen molar-refractivity contribution in [3.63, 3.8) is 0 Å². The highest BCUT2D eigenvalue weighted by molar-refractivity contribution is 5.18. The third kappa shape index (κ3) is 1.89. The molecule has 1 heterocycles. The van der Waals surface area contributed by atoms with Crippen LogP contribution in [0.1, 0.15) is 17.7 Å². The summed E-state index contributed by atoms with van der Waals surface area (Å²) >= 11 is 0. The highest BCUT2D eigenvalue weighted by Crippen LogP contribution is 2.16. The second kappa shape index (κ2) is 3.61. The molecule has 3 nitrogen and oxygen atoms in total. The molecular weight excluding hydrogens is 187 g/mol. The van der Waals surface area contributed by atoms with E-state index in [0.717, 1.165) is 6.07 Å². The molecule has 0 radical (unpaired) electrons. The van der Waals surface area contributed by atoms with Crippen LogP contribution in [0.4, 0.5) is 13.2 Å². The molecule has 0 saturated heterocycles. The van der Waals surface area contributed by atoms with E-state index in [9.17, 15) is 18.0 Å². The van der Waals surface area contributed by atoms with Crippen LogP contribution in [0.2, 0.25) is 0 Å². The van der Waals surface area contributed by atoms with Gasteiger partial charge in [0.05, 0.1) is 12.3 Å². The maximum absolute atomic E-state index is 12.7. The Labute approximate surface area is 70.8 Å². The van der Waals surface area contributed by atoms with Crippen LogP contribution >= 0.6 is 0 Å². The minimum absolute atomic E-state index is 0.431. The van der Waals surface area contributed by atoms with Gasteiger partial charge in [0.25, 0.3) is 12.0 Å². The van der Waals surface area contributed by atoms with Crippen LogP contribution in [-0.2, 0) is 6.61 Å². The number of H-pyrrole nitrogens is 1. The van der Waals surface area contributed by atoms with E-state index in [1.54, 1.807) is 4.98 Å². The van der Waals surface area contributed by atoms with Crippen LogP contribution in [0.3, 0.4) is 0 Å². The standard InChI is InChI=1S/C7H6F3NO2/c8-5-3(2-12)1-4(6(9)10)11-7(5)13/h1,6,12H,2H2,(H,11,13). The summed E-state index contributed by atoms with van der Waals surface area (Å²) in [6.45, 7) is -0.782. The molecular formula is C7H6F3NO2. The fraction of sp³-hybridized carbons (Fsp3) is 0.286. The molecule has 0 aliphatic rings. The van der Waals surface area contributed by atoms with Crippen LogP contribution in [-0.4, -0.2) is 10.1 Å². The second-order valence-electron chi connectivity index (χ2n) is 2.35. The van der Waals surface area contributed by atoms with Gasteiger partial charge in [0.2, 0.25) is 0 Å². The van der Waals surface area contributed by atoms with Gasteiger partial charge in [-0.1, -0.05) is 0 Å². The van der Waals surface area contributed by atoms with Gasteiger partial charge >= 0.3 is 0 Å². The molecule has 0 spiro atoms. The first-order chi connectivity index (χ1) is 6.06. The molecule has 0 fully saturated rings. The number of rotatable bonds is 2. The number of hydrogen-bond acceptors (Lipinski definition) is 2. The summed E-state index contributed by atoms with van der Waals surface area (Å²) in [4.78, 5) is 12.3. The van der Waals surface area contributed by atoms with Crippen molar-refractivity contribution in [3.8, 4) is 0 Å². The van der Waals surface area contributed by atoms with Gasteiger partial charge in [0.1, 0.15) is 0 Å². The van der Waals surface area contributed by atoms with Crippen LogP contribution in [0.25, 0.3) is 0 Å². The Morgan fingerprint density at radius 2 is 2.15 bits per heavy atom. The van der Waals surface area contributed by atoms with E-state index in [2.05, 4.69) is 0 Å². The van der Waals surface area contributed by atoms with E-state index in [1.807, 2.05) is 0 Å². The lowest BCUT2D eigenvalue weighted by Crippen LogP contribution is -2.16. The van der Waals surface area contributed by atoms with Crippen LogP contribution in [0, 0.1) is 5.82 Å². The third-order valence-electron chi connectivity index (χ3n) is 1.47. The molecule has 0 atom stereocenters. The summed E-state index contributed by atoms with van der Waals surface area (Å²) in [7, 11) is 0. The van der Waals surface area contributed by atoms with Crippen molar-refractivity contribution in [1.82, 2.24) is 4.98 Å². The topological polar surface area (TPSA) is 53.1 Å². The molecule has 0 aliphatic carbocycles. The molecule has 0 bridgehead atoms. The molecule has 1 aromatic heterocycles. The zero-order valence-electron chi connectivity index (χ0n) is 6.35. The molecule has 6 heteroatoms. The Kier molecular flexibility index (Phi) is 2.72. The fourth-order valence-electron chi connectivity index (χ4n) is 0.852. The van der Waals surface area contributed by atoms with Crippen molar-refractivity contribution in [2.24, 2.45) is 0 Å². The van der Waals surface area contributed by atoms with Gasteiger partial charge in [-0.15, -0.1) is 0 Å². The van der Waals surface area contributed by atoms with Gasteiger partial charge in [-0.25, -0.2) is 13.2 Å². The largest absolute Gasteiger partial charge is 0.392 e. The van der Waals surface area contributed by atoms with Crippen molar-refractivity contribution in [2.75, 3.05) is 0 Å². The fourth-order valence-corrected chi connectivity index (χ4v) is 0.852. The van der Waals surface area contributed by atoms with Crippen LogP contribution in [0.15, 0.2) is 10.9 Å². The average molecular weight is 193 g/mol. The maximum Gasteiger partial charge on any atom is 0.284 e. The van der Waals surface area contributed by atoms with Crippen LogP contribution in [0.5, 0.6) is 0 Å². The highest BCUT2D eigenvalue weighted by Gasteiger charge is 2.13. The lowest BCUT2D eigenvalue weighted by Gasteiger charge is -2.02. The number of pyridine rings is 1. The Balaban J connectivity index is 3.31. The number of nitrogens with one attached hydrogen (secondary N) is 1. The molecule has 13 heavy (non-hydrogen) atoms. The number of hydrogen-bond donors (Lipinski definition) is 2. The van der Waals surface area contributed by atoms with Crippen molar-refractivity contribution < 1.29 is 18.3 Å². The number of aromatic amines is 1. The summed E-state index contributed by atoms with van der Waals surface area (Å²) in [5, 5.41) is 8.51. The lowest BCUT2D eigenvalue weighted by molar-refractivity contribution is 0.145. The number of halogens is 3. The lowest BCUT2D eigenvalue weighted by atomic mass is 10.2. The quantitative estimate of drug-likeness (QED) is 0.734. The van der Waals surface area contributed by atoms with Gasteiger partial charge in [-0.05, 0) is 6.07 Å². The summed E-state index contributed by atoms with van der Waals surface area (Å²) in [5.41, 5.74) is -2.38. The monoisotopic (exact) mass is 193 g/mol. The van der Waals surface area contributed by atoms with E-state index in [4.69, 9.17) is 5.11 Å². The first-order valence-corrected chi connectivity index (χ1v) is 3.37. The smallest absolute Gasteiger partial charge is 0.284 e. The van der Waals surface area contributed by atoms with Crippen molar-refractivity contribution in [1.29, 1.82) is 0 Å². The minimum atomic E-state index is -2.89. The van der Waals surface area contributed by atoms with E-state index < -0.39 is 35.7 Å². The first-order valence-electron chi connectivity index (χ1n) is 3.37. The Hall–Kier alpha value is -1.30. The summed E-state index contributed by atoms with van der Waals surface area (Å²) in [5.74, 6) is -1.23. The Bertz CT molecular complexity index is 361. The van der Waals surface area contributed by atoms with E-state index in [0.29, 0.717) is 0 Å². The van der Waals surface area contributed by atoms with Gasteiger partial charge in [-0.3, -0.25) is 4.79 Å².